The molecule has 0 aliphatic carbocycles. The SMILES string of the molecule is CN=C(NCc1ccc(S(=O)(=O)N(C)C)s1)NC1CCN(c2ccc(C)cc2)C1.I. The van der Waals surface area contributed by atoms with Gasteiger partial charge in [0.15, 0.2) is 5.96 Å². The third-order valence-electron chi connectivity index (χ3n) is 4.95. The van der Waals surface area contributed by atoms with Crippen molar-refractivity contribution < 1.29 is 8.42 Å². The minimum atomic E-state index is -3.38. The topological polar surface area (TPSA) is 77.0 Å². The van der Waals surface area contributed by atoms with E-state index in [9.17, 15) is 8.42 Å². The lowest BCUT2D eigenvalue weighted by Gasteiger charge is -2.20. The maximum Gasteiger partial charge on any atom is 0.252 e. The number of thiophene rings is 1. The number of aryl methyl sites for hydroxylation is 1. The minimum absolute atomic E-state index is 0. The van der Waals surface area contributed by atoms with Crippen molar-refractivity contribution in [3.8, 4) is 0 Å². The van der Waals surface area contributed by atoms with Crippen molar-refractivity contribution in [3.05, 3.63) is 46.8 Å². The third-order valence-corrected chi connectivity index (χ3v) is 8.32. The highest BCUT2D eigenvalue weighted by Gasteiger charge is 2.24. The lowest BCUT2D eigenvalue weighted by atomic mass is 10.2. The number of nitrogens with one attached hydrogen (secondary N) is 2. The number of nitrogens with zero attached hydrogens (tertiary/aromatic N) is 3. The van der Waals surface area contributed by atoms with Gasteiger partial charge in [-0.05, 0) is 37.6 Å². The van der Waals surface area contributed by atoms with E-state index >= 15 is 0 Å². The van der Waals surface area contributed by atoms with Gasteiger partial charge >= 0.3 is 0 Å². The fraction of sp³-hybridized carbons (Fsp3) is 0.450. The second kappa shape index (κ2) is 10.8. The van der Waals surface area contributed by atoms with Gasteiger partial charge in [0.05, 0.1) is 6.54 Å². The van der Waals surface area contributed by atoms with E-state index in [4.69, 9.17) is 0 Å². The minimum Gasteiger partial charge on any atom is -0.369 e. The zero-order valence-electron chi connectivity index (χ0n) is 17.8. The summed E-state index contributed by atoms with van der Waals surface area (Å²) in [5.41, 5.74) is 2.51. The summed E-state index contributed by atoms with van der Waals surface area (Å²) in [7, 11) is 1.45. The van der Waals surface area contributed by atoms with Gasteiger partial charge in [0.1, 0.15) is 4.21 Å². The molecule has 2 N–H and O–H groups in total. The van der Waals surface area contributed by atoms with Crippen molar-refractivity contribution in [2.75, 3.05) is 39.1 Å². The van der Waals surface area contributed by atoms with E-state index in [0.29, 0.717) is 16.8 Å². The van der Waals surface area contributed by atoms with Gasteiger partial charge in [0, 0.05) is 50.8 Å². The molecule has 1 aliphatic heterocycles. The number of hydrogen-bond donors (Lipinski definition) is 2. The van der Waals surface area contributed by atoms with Gasteiger partial charge in [-0.2, -0.15) is 0 Å². The number of sulfonamides is 1. The highest BCUT2D eigenvalue weighted by atomic mass is 127. The van der Waals surface area contributed by atoms with Crippen molar-refractivity contribution in [1.29, 1.82) is 0 Å². The summed E-state index contributed by atoms with van der Waals surface area (Å²) >= 11 is 1.28. The van der Waals surface area contributed by atoms with Crippen molar-refractivity contribution in [2.24, 2.45) is 4.99 Å². The third kappa shape index (κ3) is 6.08. The Balaban J connectivity index is 0.00000320. The van der Waals surface area contributed by atoms with Crippen molar-refractivity contribution in [2.45, 2.75) is 30.1 Å². The van der Waals surface area contributed by atoms with E-state index in [1.807, 2.05) is 6.07 Å². The van der Waals surface area contributed by atoms with Gasteiger partial charge in [-0.1, -0.05) is 17.7 Å². The van der Waals surface area contributed by atoms with Gasteiger partial charge < -0.3 is 15.5 Å². The first kappa shape index (κ1) is 24.9. The molecule has 0 bridgehead atoms. The maximum absolute atomic E-state index is 12.2. The molecule has 30 heavy (non-hydrogen) atoms. The van der Waals surface area contributed by atoms with Crippen LogP contribution >= 0.6 is 35.3 Å². The Hall–Kier alpha value is -1.37. The highest BCUT2D eigenvalue weighted by Crippen LogP contribution is 2.24. The molecule has 7 nitrogen and oxygen atoms in total. The van der Waals surface area contributed by atoms with Crippen LogP contribution < -0.4 is 15.5 Å². The molecule has 0 amide bonds. The van der Waals surface area contributed by atoms with Crippen LogP contribution in [0.3, 0.4) is 0 Å². The smallest absolute Gasteiger partial charge is 0.252 e. The number of rotatable bonds is 6. The molecular formula is C20H30IN5O2S2. The average molecular weight is 564 g/mol. The number of anilines is 1. The predicted octanol–water partition coefficient (Wildman–Crippen LogP) is 2.87. The lowest BCUT2D eigenvalue weighted by Crippen LogP contribution is -2.44. The summed E-state index contributed by atoms with van der Waals surface area (Å²) in [6.07, 6.45) is 1.04. The molecule has 1 fully saturated rings. The highest BCUT2D eigenvalue weighted by molar-refractivity contribution is 14.0. The zero-order valence-corrected chi connectivity index (χ0v) is 21.7. The van der Waals surface area contributed by atoms with Crippen LogP contribution in [0.15, 0.2) is 45.6 Å². The van der Waals surface area contributed by atoms with E-state index in [1.165, 1.54) is 26.9 Å². The largest absolute Gasteiger partial charge is 0.369 e. The summed E-state index contributed by atoms with van der Waals surface area (Å²) in [4.78, 5) is 7.64. The van der Waals surface area contributed by atoms with Crippen molar-refractivity contribution >= 4 is 57.0 Å². The summed E-state index contributed by atoms with van der Waals surface area (Å²) in [6.45, 7) is 4.56. The van der Waals surface area contributed by atoms with Crippen LogP contribution in [-0.2, 0) is 16.6 Å². The monoisotopic (exact) mass is 563 g/mol. The molecule has 166 valence electrons. The van der Waals surface area contributed by atoms with E-state index in [0.717, 1.165) is 30.3 Å². The number of benzene rings is 1. The van der Waals surface area contributed by atoms with E-state index in [1.54, 1.807) is 27.2 Å². The summed E-state index contributed by atoms with van der Waals surface area (Å²) < 4.78 is 26.0. The molecular weight excluding hydrogens is 533 g/mol. The van der Waals surface area contributed by atoms with Gasteiger partial charge in [-0.25, -0.2) is 12.7 Å². The van der Waals surface area contributed by atoms with Crippen LogP contribution in [0.4, 0.5) is 5.69 Å². The predicted molar refractivity (Wildman–Crippen MR) is 136 cm³/mol. The van der Waals surface area contributed by atoms with E-state index in [-0.39, 0.29) is 24.0 Å². The summed E-state index contributed by atoms with van der Waals surface area (Å²) in [5, 5.41) is 6.77. The molecule has 1 atom stereocenters. The summed E-state index contributed by atoms with van der Waals surface area (Å²) in [5.74, 6) is 0.728. The van der Waals surface area contributed by atoms with Crippen LogP contribution in [0.1, 0.15) is 16.9 Å². The fourth-order valence-electron chi connectivity index (χ4n) is 3.20. The van der Waals surface area contributed by atoms with E-state index < -0.39 is 10.0 Å². The fourth-order valence-corrected chi connectivity index (χ4v) is 5.66. The maximum atomic E-state index is 12.2. The Morgan fingerprint density at radius 3 is 2.57 bits per heavy atom. The summed E-state index contributed by atoms with van der Waals surface area (Å²) in [6, 6.07) is 12.4. The molecule has 10 heteroatoms. The van der Waals surface area contributed by atoms with Crippen LogP contribution in [0.25, 0.3) is 0 Å². The number of aliphatic imine (C=N–C) groups is 1. The number of hydrogen-bond acceptors (Lipinski definition) is 5. The first-order chi connectivity index (χ1) is 13.8. The van der Waals surface area contributed by atoms with E-state index in [2.05, 4.69) is 51.7 Å². The molecule has 0 spiro atoms. The molecule has 0 saturated carbocycles. The Bertz CT molecular complexity index is 958. The molecule has 1 aromatic carbocycles. The van der Waals surface area contributed by atoms with Gasteiger partial charge in [0.2, 0.25) is 0 Å². The number of halogens is 1. The zero-order chi connectivity index (χ0) is 21.0. The first-order valence-corrected chi connectivity index (χ1v) is 11.9. The molecule has 1 saturated heterocycles. The Morgan fingerprint density at radius 2 is 1.93 bits per heavy atom. The number of guanidine groups is 1. The van der Waals surface area contributed by atoms with Gasteiger partial charge in [-0.3, -0.25) is 4.99 Å². The molecule has 2 aromatic rings. The normalized spacial score (nSPS) is 17.2. The standard InChI is InChI=1S/C20H29N5O2S2.HI/c1-15-5-7-17(8-6-15)25-12-11-16(14-25)23-20(21-2)22-13-18-9-10-19(28-18)29(26,27)24(3)4;/h5-10,16H,11-14H2,1-4H3,(H2,21,22,23);1H. The van der Waals surface area contributed by atoms with Crippen LogP contribution in [0.5, 0.6) is 0 Å². The van der Waals surface area contributed by atoms with Crippen LogP contribution in [0.2, 0.25) is 0 Å². The molecule has 2 heterocycles. The Morgan fingerprint density at radius 1 is 1.23 bits per heavy atom. The van der Waals surface area contributed by atoms with Gasteiger partial charge in [-0.15, -0.1) is 35.3 Å². The Kier molecular flexibility index (Phi) is 8.95. The molecule has 1 aromatic heterocycles. The molecule has 1 unspecified atom stereocenters. The van der Waals surface area contributed by atoms with Crippen LogP contribution in [0, 0.1) is 6.92 Å². The molecule has 0 radical (unpaired) electrons. The van der Waals surface area contributed by atoms with Crippen molar-refractivity contribution in [1.82, 2.24) is 14.9 Å². The molecule has 1 aliphatic rings. The second-order valence-corrected chi connectivity index (χ2v) is 10.9. The van der Waals surface area contributed by atoms with Crippen LogP contribution in [-0.4, -0.2) is 59.0 Å². The molecule has 3 rings (SSSR count). The van der Waals surface area contributed by atoms with Crippen molar-refractivity contribution in [3.63, 3.8) is 0 Å². The second-order valence-electron chi connectivity index (χ2n) is 7.35. The average Bonchev–Trinajstić information content (AvgIpc) is 3.35. The Labute approximate surface area is 200 Å². The lowest BCUT2D eigenvalue weighted by molar-refractivity contribution is 0.523. The quantitative estimate of drug-likeness (QED) is 0.321. The van der Waals surface area contributed by atoms with Gasteiger partial charge in [0.25, 0.3) is 10.0 Å². The first-order valence-electron chi connectivity index (χ1n) is 9.59.